The molecule has 0 aliphatic heterocycles. The summed E-state index contributed by atoms with van der Waals surface area (Å²) in [5.41, 5.74) is 7.69. The first-order valence-electron chi connectivity index (χ1n) is 5.92. The van der Waals surface area contributed by atoms with Crippen molar-refractivity contribution < 1.29 is 4.39 Å². The SMILES string of the molecule is CN(Cc1ccccc1)c1ccc(C(N)=S)cc1F. The van der Waals surface area contributed by atoms with Gasteiger partial charge in [-0.2, -0.15) is 0 Å². The van der Waals surface area contributed by atoms with Gasteiger partial charge in [-0.25, -0.2) is 4.39 Å². The molecule has 19 heavy (non-hydrogen) atoms. The number of thiocarbonyl (C=S) groups is 1. The van der Waals surface area contributed by atoms with Gasteiger partial charge in [-0.05, 0) is 23.8 Å². The van der Waals surface area contributed by atoms with Gasteiger partial charge in [0.25, 0.3) is 0 Å². The third-order valence-electron chi connectivity index (χ3n) is 2.91. The van der Waals surface area contributed by atoms with Crippen LogP contribution in [0, 0.1) is 5.82 Å². The molecule has 98 valence electrons. The fourth-order valence-corrected chi connectivity index (χ4v) is 2.04. The quantitative estimate of drug-likeness (QED) is 0.869. The highest BCUT2D eigenvalue weighted by Crippen LogP contribution is 2.21. The second-order valence-electron chi connectivity index (χ2n) is 4.37. The van der Waals surface area contributed by atoms with Crippen molar-refractivity contribution >= 4 is 22.9 Å². The number of nitrogens with two attached hydrogens (primary N) is 1. The van der Waals surface area contributed by atoms with E-state index in [0.717, 1.165) is 5.56 Å². The number of rotatable bonds is 4. The highest BCUT2D eigenvalue weighted by atomic mass is 32.1. The predicted octanol–water partition coefficient (Wildman–Crippen LogP) is 3.10. The van der Waals surface area contributed by atoms with Crippen molar-refractivity contribution in [2.24, 2.45) is 5.73 Å². The van der Waals surface area contributed by atoms with Gasteiger partial charge in [-0.15, -0.1) is 0 Å². The molecule has 0 atom stereocenters. The zero-order chi connectivity index (χ0) is 13.8. The van der Waals surface area contributed by atoms with E-state index in [1.54, 1.807) is 12.1 Å². The Labute approximate surface area is 117 Å². The van der Waals surface area contributed by atoms with Crippen molar-refractivity contribution in [3.63, 3.8) is 0 Å². The molecule has 0 aromatic heterocycles. The topological polar surface area (TPSA) is 29.3 Å². The minimum absolute atomic E-state index is 0.205. The molecule has 2 aromatic carbocycles. The Hall–Kier alpha value is -1.94. The first kappa shape index (κ1) is 13.5. The zero-order valence-corrected chi connectivity index (χ0v) is 11.5. The Morgan fingerprint density at radius 3 is 2.47 bits per heavy atom. The van der Waals surface area contributed by atoms with Crippen LogP contribution >= 0.6 is 12.2 Å². The molecule has 0 unspecified atom stereocenters. The Morgan fingerprint density at radius 1 is 1.21 bits per heavy atom. The van der Waals surface area contributed by atoms with E-state index in [0.29, 0.717) is 17.8 Å². The van der Waals surface area contributed by atoms with E-state index in [-0.39, 0.29) is 10.8 Å². The number of halogens is 1. The first-order valence-corrected chi connectivity index (χ1v) is 6.33. The summed E-state index contributed by atoms with van der Waals surface area (Å²) in [6.07, 6.45) is 0. The third kappa shape index (κ3) is 3.29. The van der Waals surface area contributed by atoms with Crippen LogP contribution < -0.4 is 10.6 Å². The number of anilines is 1. The molecule has 0 aliphatic carbocycles. The molecule has 2 N–H and O–H groups in total. The van der Waals surface area contributed by atoms with Crippen LogP contribution in [0.25, 0.3) is 0 Å². The molecule has 0 amide bonds. The van der Waals surface area contributed by atoms with Crippen LogP contribution in [0.5, 0.6) is 0 Å². The van der Waals surface area contributed by atoms with Gasteiger partial charge in [0.05, 0.1) is 5.69 Å². The second kappa shape index (κ2) is 5.80. The van der Waals surface area contributed by atoms with E-state index >= 15 is 0 Å². The Kier molecular flexibility index (Phi) is 4.12. The van der Waals surface area contributed by atoms with Crippen LogP contribution in [0.2, 0.25) is 0 Å². The number of hydrogen-bond donors (Lipinski definition) is 1. The molecule has 0 heterocycles. The molecule has 0 fully saturated rings. The number of hydrogen-bond acceptors (Lipinski definition) is 2. The van der Waals surface area contributed by atoms with Gasteiger partial charge in [0.1, 0.15) is 10.8 Å². The van der Waals surface area contributed by atoms with Crippen LogP contribution in [0.15, 0.2) is 48.5 Å². The van der Waals surface area contributed by atoms with Gasteiger partial charge in [0.15, 0.2) is 0 Å². The van der Waals surface area contributed by atoms with Crippen molar-refractivity contribution in [1.29, 1.82) is 0 Å². The molecular formula is C15H15FN2S. The van der Waals surface area contributed by atoms with Crippen molar-refractivity contribution in [2.45, 2.75) is 6.54 Å². The predicted molar refractivity (Wildman–Crippen MR) is 80.8 cm³/mol. The lowest BCUT2D eigenvalue weighted by Crippen LogP contribution is -2.18. The summed E-state index contributed by atoms with van der Waals surface area (Å²) in [4.78, 5) is 2.06. The van der Waals surface area contributed by atoms with E-state index in [2.05, 4.69) is 0 Å². The average molecular weight is 274 g/mol. The largest absolute Gasteiger partial charge is 0.389 e. The lowest BCUT2D eigenvalue weighted by molar-refractivity contribution is 0.622. The fourth-order valence-electron chi connectivity index (χ4n) is 1.91. The molecule has 0 bridgehead atoms. The minimum atomic E-state index is -0.316. The Balaban J connectivity index is 2.20. The average Bonchev–Trinajstić information content (AvgIpc) is 2.39. The van der Waals surface area contributed by atoms with Crippen molar-refractivity contribution in [3.05, 3.63) is 65.5 Å². The molecule has 0 aliphatic rings. The summed E-state index contributed by atoms with van der Waals surface area (Å²) in [6, 6.07) is 14.7. The van der Waals surface area contributed by atoms with Gasteiger partial charge in [0, 0.05) is 19.2 Å². The highest BCUT2D eigenvalue weighted by molar-refractivity contribution is 7.80. The zero-order valence-electron chi connectivity index (χ0n) is 10.6. The smallest absolute Gasteiger partial charge is 0.147 e. The van der Waals surface area contributed by atoms with E-state index in [4.69, 9.17) is 18.0 Å². The fraction of sp³-hybridized carbons (Fsp3) is 0.133. The molecule has 4 heteroatoms. The van der Waals surface area contributed by atoms with E-state index in [1.165, 1.54) is 6.07 Å². The van der Waals surface area contributed by atoms with Crippen LogP contribution in [-0.2, 0) is 6.54 Å². The first-order chi connectivity index (χ1) is 9.08. The molecule has 0 spiro atoms. The Morgan fingerprint density at radius 2 is 1.89 bits per heavy atom. The van der Waals surface area contributed by atoms with Gasteiger partial charge >= 0.3 is 0 Å². The van der Waals surface area contributed by atoms with E-state index in [1.807, 2.05) is 42.3 Å². The lowest BCUT2D eigenvalue weighted by atomic mass is 10.1. The normalized spacial score (nSPS) is 10.2. The maximum atomic E-state index is 14.0. The summed E-state index contributed by atoms with van der Waals surface area (Å²) in [5, 5.41) is 0. The van der Waals surface area contributed by atoms with Crippen molar-refractivity contribution in [2.75, 3.05) is 11.9 Å². The summed E-state index contributed by atoms with van der Waals surface area (Å²) in [7, 11) is 1.85. The summed E-state index contributed by atoms with van der Waals surface area (Å²) in [6.45, 7) is 0.643. The van der Waals surface area contributed by atoms with Gasteiger partial charge in [0.2, 0.25) is 0 Å². The van der Waals surface area contributed by atoms with E-state index < -0.39 is 0 Å². The molecule has 0 saturated carbocycles. The lowest BCUT2D eigenvalue weighted by Gasteiger charge is -2.20. The number of benzene rings is 2. The maximum absolute atomic E-state index is 14.0. The van der Waals surface area contributed by atoms with Crippen molar-refractivity contribution in [3.8, 4) is 0 Å². The molecule has 0 radical (unpaired) electrons. The van der Waals surface area contributed by atoms with E-state index in [9.17, 15) is 4.39 Å². The highest BCUT2D eigenvalue weighted by Gasteiger charge is 2.09. The maximum Gasteiger partial charge on any atom is 0.147 e. The number of nitrogens with zero attached hydrogens (tertiary/aromatic N) is 1. The van der Waals surface area contributed by atoms with Gasteiger partial charge < -0.3 is 10.6 Å². The van der Waals surface area contributed by atoms with Crippen LogP contribution in [-0.4, -0.2) is 12.0 Å². The molecule has 2 aromatic rings. The van der Waals surface area contributed by atoms with Crippen molar-refractivity contribution in [1.82, 2.24) is 0 Å². The molecule has 2 rings (SSSR count). The summed E-state index contributed by atoms with van der Waals surface area (Å²) in [5.74, 6) is -0.316. The molecule has 2 nitrogen and oxygen atoms in total. The standard InChI is InChI=1S/C15H15FN2S/c1-18(10-11-5-3-2-4-6-11)14-8-7-12(15(17)19)9-13(14)16/h2-9H,10H2,1H3,(H2,17,19). The van der Waals surface area contributed by atoms with Crippen LogP contribution in [0.3, 0.4) is 0 Å². The monoisotopic (exact) mass is 274 g/mol. The Bertz CT molecular complexity index is 584. The summed E-state index contributed by atoms with van der Waals surface area (Å²) >= 11 is 4.83. The minimum Gasteiger partial charge on any atom is -0.389 e. The second-order valence-corrected chi connectivity index (χ2v) is 4.81. The molecule has 0 saturated heterocycles. The van der Waals surface area contributed by atoms with Crippen LogP contribution in [0.1, 0.15) is 11.1 Å². The summed E-state index contributed by atoms with van der Waals surface area (Å²) < 4.78 is 14.0. The third-order valence-corrected chi connectivity index (χ3v) is 3.14. The molecular weight excluding hydrogens is 259 g/mol. The van der Waals surface area contributed by atoms with Gasteiger partial charge in [-0.1, -0.05) is 42.5 Å². The van der Waals surface area contributed by atoms with Gasteiger partial charge in [-0.3, -0.25) is 0 Å². The van der Waals surface area contributed by atoms with Crippen LogP contribution in [0.4, 0.5) is 10.1 Å².